The highest BCUT2D eigenvalue weighted by Crippen LogP contribution is 2.34. The molecule has 3 aromatic rings. The quantitative estimate of drug-likeness (QED) is 0.396. The van der Waals surface area contributed by atoms with Crippen molar-refractivity contribution in [3.8, 4) is 22.6 Å². The maximum atomic E-state index is 9.68. The predicted molar refractivity (Wildman–Crippen MR) is 127 cm³/mol. The number of rotatable bonds is 10. The molecule has 0 saturated heterocycles. The molecule has 3 rings (SSSR count). The van der Waals surface area contributed by atoms with Crippen LogP contribution in [0.1, 0.15) is 28.7 Å². The van der Waals surface area contributed by atoms with E-state index in [-0.39, 0.29) is 6.61 Å². The number of ether oxygens (including phenoxy) is 2. The number of thioether (sulfide) groups is 1. The van der Waals surface area contributed by atoms with Crippen molar-refractivity contribution < 1.29 is 14.6 Å². The average Bonchev–Trinajstić information content (AvgIpc) is 2.76. The number of hydrogen-bond donors (Lipinski definition) is 1. The lowest BCUT2D eigenvalue weighted by Crippen LogP contribution is -2.03. The Kier molecular flexibility index (Phi) is 8.23. The van der Waals surface area contributed by atoms with Gasteiger partial charge < -0.3 is 14.6 Å². The standard InChI is InChI=1S/C26H30O3S/c1-19-14-24(28-12-7-13-30-3)15-20(2)26(19)25-16-21(17-27)10-11-22(25)18-29-23-8-5-4-6-9-23/h4-6,8-11,14-16,27H,7,12-13,17-18H2,1-3H3. The van der Waals surface area contributed by atoms with Gasteiger partial charge in [-0.25, -0.2) is 0 Å². The van der Waals surface area contributed by atoms with Crippen LogP contribution in [0.15, 0.2) is 60.7 Å². The van der Waals surface area contributed by atoms with E-state index in [0.717, 1.165) is 58.1 Å². The molecule has 30 heavy (non-hydrogen) atoms. The fourth-order valence-corrected chi connectivity index (χ4v) is 3.99. The van der Waals surface area contributed by atoms with Gasteiger partial charge in [0, 0.05) is 0 Å². The number of aryl methyl sites for hydroxylation is 2. The normalized spacial score (nSPS) is 10.8. The third-order valence-electron chi connectivity index (χ3n) is 5.03. The largest absolute Gasteiger partial charge is 0.494 e. The summed E-state index contributed by atoms with van der Waals surface area (Å²) < 4.78 is 12.0. The predicted octanol–water partition coefficient (Wildman–Crippen LogP) is 6.17. The molecule has 0 heterocycles. The Balaban J connectivity index is 1.89. The highest BCUT2D eigenvalue weighted by molar-refractivity contribution is 7.98. The van der Waals surface area contributed by atoms with Gasteiger partial charge in [-0.05, 0) is 96.0 Å². The molecule has 0 aromatic heterocycles. The van der Waals surface area contributed by atoms with Crippen LogP contribution in [-0.4, -0.2) is 23.7 Å². The number of aliphatic hydroxyl groups is 1. The molecule has 0 aliphatic carbocycles. The molecule has 0 aliphatic heterocycles. The first kappa shape index (κ1) is 22.3. The molecule has 3 nitrogen and oxygen atoms in total. The molecule has 1 N–H and O–H groups in total. The molecule has 0 fully saturated rings. The Hall–Kier alpha value is -2.43. The minimum absolute atomic E-state index is 0.0154. The second-order valence-corrected chi connectivity index (χ2v) is 8.36. The summed E-state index contributed by atoms with van der Waals surface area (Å²) in [6.45, 7) is 5.45. The number of aliphatic hydroxyl groups excluding tert-OH is 1. The molecule has 0 spiro atoms. The van der Waals surface area contributed by atoms with Crippen molar-refractivity contribution >= 4 is 11.8 Å². The van der Waals surface area contributed by atoms with Crippen LogP contribution in [-0.2, 0) is 13.2 Å². The van der Waals surface area contributed by atoms with E-state index >= 15 is 0 Å². The first-order chi connectivity index (χ1) is 14.6. The molecule has 0 radical (unpaired) electrons. The van der Waals surface area contributed by atoms with E-state index in [4.69, 9.17) is 9.47 Å². The first-order valence-corrected chi connectivity index (χ1v) is 11.7. The molecule has 0 atom stereocenters. The second-order valence-electron chi connectivity index (χ2n) is 7.38. The lowest BCUT2D eigenvalue weighted by molar-refractivity contribution is 0.281. The Bertz CT molecular complexity index is 931. The number of benzene rings is 3. The Morgan fingerprint density at radius 2 is 1.60 bits per heavy atom. The smallest absolute Gasteiger partial charge is 0.119 e. The molecule has 0 bridgehead atoms. The summed E-state index contributed by atoms with van der Waals surface area (Å²) in [5.74, 6) is 2.86. The molecule has 0 saturated carbocycles. The van der Waals surface area contributed by atoms with Crippen molar-refractivity contribution in [1.82, 2.24) is 0 Å². The van der Waals surface area contributed by atoms with Crippen molar-refractivity contribution in [2.24, 2.45) is 0 Å². The van der Waals surface area contributed by atoms with Crippen LogP contribution in [0.2, 0.25) is 0 Å². The van der Waals surface area contributed by atoms with E-state index in [0.29, 0.717) is 6.61 Å². The van der Waals surface area contributed by atoms with E-state index < -0.39 is 0 Å². The van der Waals surface area contributed by atoms with E-state index in [2.05, 4.69) is 44.4 Å². The minimum atomic E-state index is 0.0154. The van der Waals surface area contributed by atoms with Gasteiger partial charge in [-0.3, -0.25) is 0 Å². The Morgan fingerprint density at radius 3 is 2.27 bits per heavy atom. The third kappa shape index (κ3) is 5.80. The van der Waals surface area contributed by atoms with Gasteiger partial charge in [-0.15, -0.1) is 0 Å². The zero-order valence-corrected chi connectivity index (χ0v) is 18.8. The van der Waals surface area contributed by atoms with Gasteiger partial charge in [-0.1, -0.05) is 30.3 Å². The Labute approximate surface area is 184 Å². The summed E-state index contributed by atoms with van der Waals surface area (Å²) in [5.41, 5.74) is 6.58. The maximum absolute atomic E-state index is 9.68. The second kappa shape index (κ2) is 11.1. The SMILES string of the molecule is CSCCCOc1cc(C)c(-c2cc(CO)ccc2COc2ccccc2)c(C)c1. The summed E-state index contributed by atoms with van der Waals surface area (Å²) in [6, 6.07) is 20.1. The summed E-state index contributed by atoms with van der Waals surface area (Å²) in [4.78, 5) is 0. The van der Waals surface area contributed by atoms with Gasteiger partial charge >= 0.3 is 0 Å². The zero-order valence-electron chi connectivity index (χ0n) is 18.0. The van der Waals surface area contributed by atoms with Crippen molar-refractivity contribution in [3.05, 3.63) is 82.9 Å². The fourth-order valence-electron chi connectivity index (χ4n) is 3.58. The van der Waals surface area contributed by atoms with E-state index in [1.54, 1.807) is 0 Å². The van der Waals surface area contributed by atoms with Gasteiger partial charge in [0.2, 0.25) is 0 Å². The van der Waals surface area contributed by atoms with Crippen LogP contribution in [0.3, 0.4) is 0 Å². The van der Waals surface area contributed by atoms with Gasteiger partial charge in [0.25, 0.3) is 0 Å². The molecule has 0 amide bonds. The maximum Gasteiger partial charge on any atom is 0.119 e. The van der Waals surface area contributed by atoms with E-state index in [1.807, 2.05) is 48.2 Å². The van der Waals surface area contributed by atoms with Gasteiger partial charge in [-0.2, -0.15) is 11.8 Å². The van der Waals surface area contributed by atoms with Crippen LogP contribution >= 0.6 is 11.8 Å². The highest BCUT2D eigenvalue weighted by atomic mass is 32.2. The molecule has 158 valence electrons. The summed E-state index contributed by atoms with van der Waals surface area (Å²) in [7, 11) is 0. The monoisotopic (exact) mass is 422 g/mol. The van der Waals surface area contributed by atoms with Gasteiger partial charge in [0.15, 0.2) is 0 Å². The number of hydrogen-bond acceptors (Lipinski definition) is 4. The fraction of sp³-hybridized carbons (Fsp3) is 0.308. The van der Waals surface area contributed by atoms with Crippen molar-refractivity contribution in [2.45, 2.75) is 33.5 Å². The zero-order chi connectivity index (χ0) is 21.3. The van der Waals surface area contributed by atoms with Crippen LogP contribution in [0, 0.1) is 13.8 Å². The van der Waals surface area contributed by atoms with Crippen LogP contribution in [0.25, 0.3) is 11.1 Å². The summed E-state index contributed by atoms with van der Waals surface area (Å²) >= 11 is 1.84. The topological polar surface area (TPSA) is 38.7 Å². The average molecular weight is 423 g/mol. The molecule has 0 unspecified atom stereocenters. The minimum Gasteiger partial charge on any atom is -0.494 e. The lowest BCUT2D eigenvalue weighted by Gasteiger charge is -2.18. The third-order valence-corrected chi connectivity index (χ3v) is 5.73. The van der Waals surface area contributed by atoms with Crippen molar-refractivity contribution in [3.63, 3.8) is 0 Å². The van der Waals surface area contributed by atoms with Crippen LogP contribution in [0.5, 0.6) is 11.5 Å². The Morgan fingerprint density at radius 1 is 0.867 bits per heavy atom. The van der Waals surface area contributed by atoms with Crippen LogP contribution in [0.4, 0.5) is 0 Å². The van der Waals surface area contributed by atoms with Crippen molar-refractivity contribution in [2.75, 3.05) is 18.6 Å². The molecule has 0 aliphatic rings. The van der Waals surface area contributed by atoms with E-state index in [1.165, 1.54) is 5.56 Å². The van der Waals surface area contributed by atoms with Gasteiger partial charge in [0.05, 0.1) is 13.2 Å². The number of para-hydroxylation sites is 1. The summed E-state index contributed by atoms with van der Waals surface area (Å²) in [6.07, 6.45) is 3.16. The molecular weight excluding hydrogens is 392 g/mol. The molecule has 4 heteroatoms. The molecular formula is C26H30O3S. The highest BCUT2D eigenvalue weighted by Gasteiger charge is 2.14. The van der Waals surface area contributed by atoms with Gasteiger partial charge in [0.1, 0.15) is 18.1 Å². The first-order valence-electron chi connectivity index (χ1n) is 10.3. The van der Waals surface area contributed by atoms with Crippen LogP contribution < -0.4 is 9.47 Å². The lowest BCUT2D eigenvalue weighted by atomic mass is 9.91. The van der Waals surface area contributed by atoms with E-state index in [9.17, 15) is 5.11 Å². The molecule has 3 aromatic carbocycles. The van der Waals surface area contributed by atoms with Crippen molar-refractivity contribution in [1.29, 1.82) is 0 Å². The summed E-state index contributed by atoms with van der Waals surface area (Å²) in [5, 5.41) is 9.68.